The lowest BCUT2D eigenvalue weighted by Gasteiger charge is -2.29. The molecule has 1 aromatic rings. The predicted octanol–water partition coefficient (Wildman–Crippen LogP) is 0.431. The van der Waals surface area contributed by atoms with E-state index < -0.39 is 0 Å². The molecule has 23 heavy (non-hydrogen) atoms. The summed E-state index contributed by atoms with van der Waals surface area (Å²) in [5.41, 5.74) is 7.54. The number of hydrogen-bond acceptors (Lipinski definition) is 5. The van der Waals surface area contributed by atoms with E-state index >= 15 is 0 Å². The van der Waals surface area contributed by atoms with Crippen molar-refractivity contribution in [2.45, 2.75) is 31.5 Å². The molecule has 0 aromatic heterocycles. The monoisotopic (exact) mass is 318 g/mol. The molecule has 6 nitrogen and oxygen atoms in total. The Morgan fingerprint density at radius 1 is 1.30 bits per heavy atom. The van der Waals surface area contributed by atoms with E-state index in [1.807, 2.05) is 18.2 Å². The summed E-state index contributed by atoms with van der Waals surface area (Å²) in [5.74, 6) is 0.0664. The molecule has 0 bridgehead atoms. The van der Waals surface area contributed by atoms with Gasteiger partial charge in [0.1, 0.15) is 6.04 Å². The third-order valence-corrected chi connectivity index (χ3v) is 4.45. The quantitative estimate of drug-likeness (QED) is 0.735. The highest BCUT2D eigenvalue weighted by molar-refractivity contribution is 5.82. The third kappa shape index (κ3) is 4.51. The third-order valence-electron chi connectivity index (χ3n) is 4.45. The van der Waals surface area contributed by atoms with Crippen LogP contribution >= 0.6 is 0 Å². The Kier molecular flexibility index (Phi) is 5.61. The molecule has 3 N–H and O–H groups in total. The molecule has 0 aliphatic carbocycles. The van der Waals surface area contributed by atoms with E-state index in [0.29, 0.717) is 0 Å². The number of amides is 1. The van der Waals surface area contributed by atoms with Gasteiger partial charge in [-0.1, -0.05) is 30.3 Å². The first-order valence-corrected chi connectivity index (χ1v) is 8.39. The smallest absolute Gasteiger partial charge is 0.238 e. The van der Waals surface area contributed by atoms with Gasteiger partial charge in [-0.2, -0.15) is 0 Å². The minimum atomic E-state index is -0.188. The average molecular weight is 318 g/mol. The molecule has 126 valence electrons. The number of rotatable bonds is 5. The first-order valence-electron chi connectivity index (χ1n) is 8.39. The number of benzene rings is 1. The van der Waals surface area contributed by atoms with Gasteiger partial charge in [0.2, 0.25) is 5.91 Å². The van der Waals surface area contributed by atoms with Gasteiger partial charge in [0, 0.05) is 31.7 Å². The van der Waals surface area contributed by atoms with E-state index in [-0.39, 0.29) is 24.0 Å². The Labute approximate surface area is 137 Å². The number of hydrogen-bond donors (Lipinski definition) is 3. The summed E-state index contributed by atoms with van der Waals surface area (Å²) in [5, 5.41) is 3.12. The number of nitrogens with zero attached hydrogens (tertiary/aromatic N) is 1. The minimum absolute atomic E-state index is 0.0664. The van der Waals surface area contributed by atoms with Crippen LogP contribution in [0.5, 0.6) is 0 Å². The molecule has 0 spiro atoms. The van der Waals surface area contributed by atoms with E-state index in [1.165, 1.54) is 5.56 Å². The van der Waals surface area contributed by atoms with Gasteiger partial charge in [0.25, 0.3) is 0 Å². The van der Waals surface area contributed by atoms with Crippen LogP contribution in [0.25, 0.3) is 0 Å². The number of hydrazine groups is 1. The number of ether oxygens (including phenoxy) is 1. The molecule has 0 radical (unpaired) electrons. The highest BCUT2D eigenvalue weighted by atomic mass is 16.5. The van der Waals surface area contributed by atoms with Crippen molar-refractivity contribution in [2.24, 2.45) is 0 Å². The maximum Gasteiger partial charge on any atom is 0.238 e. The number of morpholine rings is 1. The van der Waals surface area contributed by atoms with E-state index in [2.05, 4.69) is 40.1 Å². The first kappa shape index (κ1) is 16.4. The van der Waals surface area contributed by atoms with E-state index in [4.69, 9.17) is 4.74 Å². The molecular formula is C17H26N4O2. The summed E-state index contributed by atoms with van der Waals surface area (Å²) >= 11 is 0. The van der Waals surface area contributed by atoms with Gasteiger partial charge in [0.15, 0.2) is 0 Å². The zero-order valence-corrected chi connectivity index (χ0v) is 13.6. The molecule has 2 fully saturated rings. The van der Waals surface area contributed by atoms with Crippen LogP contribution in [0.15, 0.2) is 30.3 Å². The largest absolute Gasteiger partial charge is 0.379 e. The van der Waals surface area contributed by atoms with Crippen LogP contribution in [0.3, 0.4) is 0 Å². The van der Waals surface area contributed by atoms with Crippen molar-refractivity contribution in [3.8, 4) is 0 Å². The van der Waals surface area contributed by atoms with Gasteiger partial charge in [-0.25, -0.2) is 10.9 Å². The molecule has 6 heteroatoms. The average Bonchev–Trinajstić information content (AvgIpc) is 3.06. The van der Waals surface area contributed by atoms with Gasteiger partial charge in [-0.05, 0) is 18.9 Å². The zero-order chi connectivity index (χ0) is 16.1. The van der Waals surface area contributed by atoms with Crippen LogP contribution < -0.4 is 16.2 Å². The van der Waals surface area contributed by atoms with Crippen molar-refractivity contribution >= 4 is 5.91 Å². The molecule has 2 aliphatic rings. The molecule has 1 amide bonds. The fraction of sp³-hybridized carbons (Fsp3) is 0.588. The fourth-order valence-electron chi connectivity index (χ4n) is 3.19. The topological polar surface area (TPSA) is 65.6 Å². The zero-order valence-electron chi connectivity index (χ0n) is 13.6. The van der Waals surface area contributed by atoms with Gasteiger partial charge in [-0.15, -0.1) is 0 Å². The van der Waals surface area contributed by atoms with Crippen LogP contribution in [0.4, 0.5) is 0 Å². The predicted molar refractivity (Wildman–Crippen MR) is 88.7 cm³/mol. The van der Waals surface area contributed by atoms with E-state index in [0.717, 1.165) is 39.3 Å². The van der Waals surface area contributed by atoms with Gasteiger partial charge < -0.3 is 10.1 Å². The van der Waals surface area contributed by atoms with E-state index in [9.17, 15) is 4.79 Å². The molecule has 2 aliphatic heterocycles. The Bertz CT molecular complexity index is 505. The Morgan fingerprint density at radius 3 is 2.78 bits per heavy atom. The van der Waals surface area contributed by atoms with Crippen molar-refractivity contribution in [1.82, 2.24) is 21.1 Å². The molecule has 3 unspecified atom stereocenters. The highest BCUT2D eigenvalue weighted by Gasteiger charge is 2.30. The van der Waals surface area contributed by atoms with Crippen LogP contribution in [0, 0.1) is 0 Å². The maximum absolute atomic E-state index is 12.4. The van der Waals surface area contributed by atoms with Gasteiger partial charge >= 0.3 is 0 Å². The number of carbonyl (C=O) groups excluding carboxylic acids is 1. The highest BCUT2D eigenvalue weighted by Crippen LogP contribution is 2.21. The summed E-state index contributed by atoms with van der Waals surface area (Å²) in [6, 6.07) is 10.3. The SMILES string of the molecule is CC(CN1CCOCC1)NC(=O)C1CC(c2ccccc2)NN1. The second-order valence-corrected chi connectivity index (χ2v) is 6.36. The molecule has 3 rings (SSSR count). The lowest BCUT2D eigenvalue weighted by molar-refractivity contribution is -0.123. The fourth-order valence-corrected chi connectivity index (χ4v) is 3.19. The van der Waals surface area contributed by atoms with Crippen LogP contribution in [0.2, 0.25) is 0 Å². The normalized spacial score (nSPS) is 26.8. The minimum Gasteiger partial charge on any atom is -0.379 e. The second kappa shape index (κ2) is 7.88. The second-order valence-electron chi connectivity index (χ2n) is 6.36. The summed E-state index contributed by atoms with van der Waals surface area (Å²) in [6.07, 6.45) is 0.764. The lowest BCUT2D eigenvalue weighted by Crippen LogP contribution is -2.50. The first-order chi connectivity index (χ1) is 11.2. The number of carbonyl (C=O) groups is 1. The molecule has 2 heterocycles. The molecule has 0 saturated carbocycles. The standard InChI is InChI=1S/C17H26N4O2/c1-13(12-21-7-9-23-10-8-21)18-17(22)16-11-15(19-20-16)14-5-3-2-4-6-14/h2-6,13,15-16,19-20H,7-12H2,1H3,(H,18,22). The molecule has 1 aromatic carbocycles. The molecule has 3 atom stereocenters. The summed E-state index contributed by atoms with van der Waals surface area (Å²) in [7, 11) is 0. The van der Waals surface area contributed by atoms with Gasteiger partial charge in [-0.3, -0.25) is 9.69 Å². The molecular weight excluding hydrogens is 292 g/mol. The van der Waals surface area contributed by atoms with Crippen molar-refractivity contribution in [3.05, 3.63) is 35.9 Å². The van der Waals surface area contributed by atoms with Crippen LogP contribution in [-0.4, -0.2) is 55.7 Å². The van der Waals surface area contributed by atoms with Crippen molar-refractivity contribution < 1.29 is 9.53 Å². The molecule has 2 saturated heterocycles. The summed E-state index contributed by atoms with van der Waals surface area (Å²) in [6.45, 7) is 6.39. The van der Waals surface area contributed by atoms with Crippen LogP contribution in [-0.2, 0) is 9.53 Å². The summed E-state index contributed by atoms with van der Waals surface area (Å²) in [4.78, 5) is 14.8. The van der Waals surface area contributed by atoms with E-state index in [1.54, 1.807) is 0 Å². The van der Waals surface area contributed by atoms with Crippen molar-refractivity contribution in [3.63, 3.8) is 0 Å². The lowest BCUT2D eigenvalue weighted by atomic mass is 10.0. The Morgan fingerprint density at radius 2 is 2.04 bits per heavy atom. The van der Waals surface area contributed by atoms with Gasteiger partial charge in [0.05, 0.1) is 13.2 Å². The Hall–Kier alpha value is -1.47. The maximum atomic E-state index is 12.4. The van der Waals surface area contributed by atoms with Crippen molar-refractivity contribution in [1.29, 1.82) is 0 Å². The summed E-state index contributed by atoms with van der Waals surface area (Å²) < 4.78 is 5.35. The van der Waals surface area contributed by atoms with Crippen LogP contribution in [0.1, 0.15) is 24.9 Å². The van der Waals surface area contributed by atoms with Crippen molar-refractivity contribution in [2.75, 3.05) is 32.8 Å². The Balaban J connectivity index is 1.45. The number of nitrogens with one attached hydrogen (secondary N) is 3.